The van der Waals surface area contributed by atoms with E-state index < -0.39 is 139 Å². The Hall–Kier alpha value is -7.92. The number of ether oxygens (including phenoxy) is 1. The zero-order valence-corrected chi connectivity index (χ0v) is 62.7. The number of rotatable bonds is 12. The number of carboxylic acid groups (broad SMARTS) is 1. The third-order valence-corrected chi connectivity index (χ3v) is 12.7. The van der Waals surface area contributed by atoms with Gasteiger partial charge in [0.05, 0.1) is 49.7 Å². The molecule has 102 heavy (non-hydrogen) atoms. The highest BCUT2D eigenvalue weighted by molar-refractivity contribution is 9.93. The van der Waals surface area contributed by atoms with Crippen LogP contribution in [-0.2, 0) is 54.2 Å². The lowest BCUT2D eigenvalue weighted by atomic mass is 9.90. The van der Waals surface area contributed by atoms with Crippen LogP contribution in [0.25, 0.3) is 6.08 Å². The number of nitrogens with zero attached hydrogens (tertiary/aromatic N) is 4. The minimum atomic E-state index is -1.17. The quantitative estimate of drug-likeness (QED) is 0.0264. The first-order valence-electron chi connectivity index (χ1n) is 27.1. The molecular formula is C62H81BBr3ClF10N4O21. The molecule has 5 aromatic rings. The maximum atomic E-state index is 13.8. The second-order valence-corrected chi connectivity index (χ2v) is 19.6. The van der Waals surface area contributed by atoms with Crippen molar-refractivity contribution >= 4 is 106 Å². The van der Waals surface area contributed by atoms with E-state index in [4.69, 9.17) is 49.2 Å². The van der Waals surface area contributed by atoms with E-state index in [0.717, 1.165) is 44.9 Å². The van der Waals surface area contributed by atoms with Gasteiger partial charge in [-0.15, -0.1) is 19.0 Å². The molecule has 5 aromatic carbocycles. The van der Waals surface area contributed by atoms with Crippen LogP contribution in [0.3, 0.4) is 0 Å². The Morgan fingerprint density at radius 1 is 0.549 bits per heavy atom. The van der Waals surface area contributed by atoms with Crippen LogP contribution in [0.2, 0.25) is 0 Å². The van der Waals surface area contributed by atoms with Crippen molar-refractivity contribution in [3.8, 4) is 28.7 Å². The van der Waals surface area contributed by atoms with Crippen molar-refractivity contribution in [1.82, 2.24) is 20.3 Å². The number of phenols is 5. The molecule has 1 fully saturated rings. The number of hydrogen-bond donors (Lipinski definition) is 7. The van der Waals surface area contributed by atoms with Crippen molar-refractivity contribution in [2.24, 2.45) is 0 Å². The number of aliphatic hydroxyl groups excluding tert-OH is 1. The van der Waals surface area contributed by atoms with Gasteiger partial charge in [-0.25, -0.2) is 64.2 Å². The van der Waals surface area contributed by atoms with E-state index in [-0.39, 0.29) is 66.3 Å². The molecular weight excluding hydrogens is 1610 g/mol. The molecule has 0 radical (unpaired) electrons. The number of hydrogen-bond acceptors (Lipinski definition) is 20. The molecule has 0 atom stereocenters. The monoisotopic (exact) mass is 1690 g/mol. The van der Waals surface area contributed by atoms with E-state index in [1.54, 1.807) is 20.0 Å². The molecule has 1 aliphatic heterocycles. The number of aromatic hydroxyl groups is 5. The highest BCUT2D eigenvalue weighted by atomic mass is 80.9. The van der Waals surface area contributed by atoms with Gasteiger partial charge in [0.15, 0.2) is 5.82 Å². The largest absolute Gasteiger partial charge is 0.508 e. The Labute approximate surface area is 612 Å². The van der Waals surface area contributed by atoms with E-state index in [1.807, 2.05) is 34.6 Å². The highest BCUT2D eigenvalue weighted by Gasteiger charge is 2.49. The summed E-state index contributed by atoms with van der Waals surface area (Å²) in [5.74, 6) is -16.4. The summed E-state index contributed by atoms with van der Waals surface area (Å²) in [6, 6.07) is 5.69. The standard InChI is InChI=1S/C11H13F2NO3.C11H11F2NO3.C9H8BrF2NO3.C9H9F2NO3.C8H15BO2.C6H4F2O.C3H8O.C2H4O2.CO2.CH4O.CH4.Br2.ClH/c2*1-4-6-8(15)5-7(12)9(10(6)13)11(16)14(2)17-3;1-13(16-2)9(15)6-4(11)3-5(14)7(10)8(6)12;1-12(15-2)9(14)8-6(10)3-5(13)4-7(8)11;1-6-9-10-7(2,3)8(4,5)11-9;7-4-1-5(8)3-6(9)2-4;1-3-4-2;1-2(3)4;2-1-3;1-2;;1-2;/h5,15H,4H2,1-3H3;4-5,15H,1H2,2-3H3;3,14H,1-2H3;3-4,13H,1-2H3;6H,1H2,2-5H3;1-3,9H;3H2,1-2H3;1H3,(H,3,4);;2H,1H3;1H4;;1H. The van der Waals surface area contributed by atoms with Gasteiger partial charge in [0.1, 0.15) is 103 Å². The second kappa shape index (κ2) is 54.7. The van der Waals surface area contributed by atoms with Gasteiger partial charge in [-0.05, 0) is 57.0 Å². The fourth-order valence-corrected chi connectivity index (χ4v) is 6.53. The van der Waals surface area contributed by atoms with Crippen molar-refractivity contribution in [2.45, 2.75) is 73.5 Å². The molecule has 576 valence electrons. The lowest BCUT2D eigenvalue weighted by Gasteiger charge is -2.32. The van der Waals surface area contributed by atoms with Crippen LogP contribution in [0.1, 0.15) is 108 Å². The van der Waals surface area contributed by atoms with Gasteiger partial charge in [-0.2, -0.15) is 9.59 Å². The fourth-order valence-electron chi connectivity index (χ4n) is 6.22. The summed E-state index contributed by atoms with van der Waals surface area (Å²) >= 11 is 8.20. The first-order chi connectivity index (χ1) is 46.4. The minimum absolute atomic E-state index is 0. The normalized spacial score (nSPS) is 11.0. The molecule has 1 saturated heterocycles. The van der Waals surface area contributed by atoms with Crippen molar-refractivity contribution in [3.05, 3.63) is 164 Å². The predicted octanol–water partition coefficient (Wildman–Crippen LogP) is 13.2. The van der Waals surface area contributed by atoms with Crippen LogP contribution in [0.5, 0.6) is 28.7 Å². The summed E-state index contributed by atoms with van der Waals surface area (Å²) in [4.78, 5) is 89.5. The zero-order valence-electron chi connectivity index (χ0n) is 57.1. The first kappa shape index (κ1) is 107. The number of halogens is 14. The number of phenolic OH excluding ortho intramolecular Hbond substituents is 5. The summed E-state index contributed by atoms with van der Waals surface area (Å²) in [7, 11) is 12.1. The molecule has 0 unspecified atom stereocenters. The molecule has 1 aliphatic rings. The van der Waals surface area contributed by atoms with Crippen LogP contribution in [0, 0.1) is 58.2 Å². The van der Waals surface area contributed by atoms with Crippen LogP contribution >= 0.6 is 56.6 Å². The average Bonchev–Trinajstić information content (AvgIpc) is 1.23. The Balaban J connectivity index is -0.000000205. The summed E-state index contributed by atoms with van der Waals surface area (Å²) < 4.78 is 147. The lowest BCUT2D eigenvalue weighted by molar-refractivity contribution is -0.191. The maximum absolute atomic E-state index is 13.8. The summed E-state index contributed by atoms with van der Waals surface area (Å²) in [5.41, 5.74) is -3.99. The molecule has 25 nitrogen and oxygen atoms in total. The zero-order chi connectivity index (χ0) is 79.6. The van der Waals surface area contributed by atoms with E-state index >= 15 is 0 Å². The summed E-state index contributed by atoms with van der Waals surface area (Å²) in [6.45, 7) is 20.4. The third kappa shape index (κ3) is 35.8. The Morgan fingerprint density at radius 3 is 1.10 bits per heavy atom. The fraction of sp³-hybridized carbons (Fsp3) is 0.355. The molecule has 0 aliphatic carbocycles. The number of carbonyl (C=O) groups excluding carboxylic acids is 6. The smallest absolute Gasteiger partial charge is 0.486 e. The van der Waals surface area contributed by atoms with E-state index in [9.17, 15) is 73.3 Å². The number of benzene rings is 5. The van der Waals surface area contributed by atoms with Gasteiger partial charge in [0.2, 0.25) is 0 Å². The molecule has 0 saturated carbocycles. The maximum Gasteiger partial charge on any atom is 0.486 e. The van der Waals surface area contributed by atoms with Crippen molar-refractivity contribution in [3.63, 3.8) is 0 Å². The number of carboxylic acids is 1. The minimum Gasteiger partial charge on any atom is -0.508 e. The average molecular weight is 1690 g/mol. The second-order valence-electron chi connectivity index (χ2n) is 18.9. The molecule has 1 heterocycles. The molecule has 0 spiro atoms. The molecule has 7 N–H and O–H groups in total. The topological polar surface area (TPSA) is 339 Å². The van der Waals surface area contributed by atoms with Crippen molar-refractivity contribution < 1.29 is 147 Å². The lowest BCUT2D eigenvalue weighted by Crippen LogP contribution is -2.41. The number of aliphatic carboxylic acids is 1. The Morgan fingerprint density at radius 2 is 0.824 bits per heavy atom. The van der Waals surface area contributed by atoms with Gasteiger partial charge in [0, 0.05) is 138 Å². The molecule has 40 heteroatoms. The van der Waals surface area contributed by atoms with Crippen LogP contribution < -0.4 is 0 Å². The molecule has 6 rings (SSSR count). The van der Waals surface area contributed by atoms with Gasteiger partial charge in [0.25, 0.3) is 29.6 Å². The van der Waals surface area contributed by atoms with E-state index in [0.29, 0.717) is 50.6 Å². The van der Waals surface area contributed by atoms with Crippen LogP contribution in [0.4, 0.5) is 43.9 Å². The Kier molecular flexibility index (Phi) is 57.7. The summed E-state index contributed by atoms with van der Waals surface area (Å²) in [5, 5.41) is 62.2. The first-order valence-corrected chi connectivity index (χ1v) is 31.6. The van der Waals surface area contributed by atoms with Crippen molar-refractivity contribution in [2.75, 3.05) is 77.5 Å². The summed E-state index contributed by atoms with van der Waals surface area (Å²) in [6.07, 6.45) is 1.39. The van der Waals surface area contributed by atoms with Gasteiger partial charge >= 0.3 is 13.3 Å². The predicted molar refractivity (Wildman–Crippen MR) is 366 cm³/mol. The highest BCUT2D eigenvalue weighted by Crippen LogP contribution is 2.37. The number of carbonyl (C=O) groups is 5. The number of aliphatic hydroxyl groups is 1. The molecule has 0 aromatic heterocycles. The number of amides is 4. The van der Waals surface area contributed by atoms with Gasteiger partial charge in [-0.1, -0.05) is 33.0 Å². The van der Waals surface area contributed by atoms with Gasteiger partial charge < -0.3 is 49.8 Å². The number of hydroxylamine groups is 8. The van der Waals surface area contributed by atoms with E-state index in [2.05, 4.69) is 81.4 Å². The number of methoxy groups -OCH3 is 1. The van der Waals surface area contributed by atoms with E-state index in [1.165, 1.54) is 56.6 Å². The Bertz CT molecular complexity index is 3410. The molecule has 4 amide bonds. The SMILES string of the molecule is BrBr.C.C=CB1OC(C)(C)C(C)(C)O1.C=Cc1c(O)cc(F)c(C(=O)N(C)OC)c1F.CC(=O)O.CCOC.CCc1c(O)cc(F)c(C(=O)N(C)OC)c1F.CO.CON(C)C(=O)c1c(F)cc(O)c(Br)c1F.CON(C)C(=O)c1c(F)cc(O)cc1F.Cl.O=C=O.Oc1cc(F)cc(F)c1. The van der Waals surface area contributed by atoms with Crippen LogP contribution in [-0.4, -0.2) is 188 Å². The third-order valence-electron chi connectivity index (χ3n) is 11.9. The molecule has 0 bridgehead atoms. The van der Waals surface area contributed by atoms with Crippen LogP contribution in [0.15, 0.2) is 72.1 Å². The van der Waals surface area contributed by atoms with Crippen molar-refractivity contribution in [1.29, 1.82) is 0 Å². The van der Waals surface area contributed by atoms with Gasteiger partial charge in [-0.3, -0.25) is 43.3 Å².